The standard InChI is InChI=1S/C28H23N3O3/c32-28-27-21(6-3-7-23(27)20-10-12-25-26(17-20)34-16-4-15-33-25)18-29-31(28)14-13-22-11-9-19-5-1-2-8-24(19)30-22/h1-3,5-12,17-18H,4,13-16H2. The molecule has 0 radical (unpaired) electrons. The fourth-order valence-electron chi connectivity index (χ4n) is 4.43. The first-order chi connectivity index (χ1) is 16.8. The van der Waals surface area contributed by atoms with E-state index in [1.165, 1.54) is 4.68 Å². The van der Waals surface area contributed by atoms with Crippen molar-refractivity contribution in [2.45, 2.75) is 19.4 Å². The molecule has 168 valence electrons. The topological polar surface area (TPSA) is 66.2 Å². The van der Waals surface area contributed by atoms with E-state index >= 15 is 0 Å². The van der Waals surface area contributed by atoms with Crippen LogP contribution in [0.2, 0.25) is 0 Å². The Bertz CT molecular complexity index is 1580. The van der Waals surface area contributed by atoms with Crippen LogP contribution in [-0.4, -0.2) is 28.0 Å². The van der Waals surface area contributed by atoms with Crippen molar-refractivity contribution < 1.29 is 9.47 Å². The van der Waals surface area contributed by atoms with Gasteiger partial charge >= 0.3 is 0 Å². The molecule has 2 aromatic heterocycles. The van der Waals surface area contributed by atoms with Gasteiger partial charge < -0.3 is 9.47 Å². The van der Waals surface area contributed by atoms with Gasteiger partial charge in [-0.1, -0.05) is 48.5 Å². The number of aryl methyl sites for hydroxylation is 2. The summed E-state index contributed by atoms with van der Waals surface area (Å²) in [5.41, 5.74) is 3.55. The van der Waals surface area contributed by atoms with Crippen LogP contribution in [0.1, 0.15) is 12.1 Å². The maximum Gasteiger partial charge on any atom is 0.275 e. The zero-order valence-electron chi connectivity index (χ0n) is 18.6. The van der Waals surface area contributed by atoms with E-state index in [1.807, 2.05) is 66.7 Å². The monoisotopic (exact) mass is 449 g/mol. The Kier molecular flexibility index (Phi) is 5.18. The molecule has 3 aromatic carbocycles. The van der Waals surface area contributed by atoms with Gasteiger partial charge in [-0.05, 0) is 35.4 Å². The normalized spacial score (nSPS) is 13.2. The number of para-hydroxylation sites is 1. The van der Waals surface area contributed by atoms with E-state index in [1.54, 1.807) is 6.20 Å². The van der Waals surface area contributed by atoms with E-state index in [9.17, 15) is 4.79 Å². The zero-order valence-corrected chi connectivity index (χ0v) is 18.6. The number of hydrogen-bond acceptors (Lipinski definition) is 5. The molecule has 3 heterocycles. The summed E-state index contributed by atoms with van der Waals surface area (Å²) in [4.78, 5) is 18.3. The van der Waals surface area contributed by atoms with Crippen LogP contribution in [0.4, 0.5) is 0 Å². The number of pyridine rings is 1. The molecule has 0 aliphatic carbocycles. The fraction of sp³-hybridized carbons (Fsp3) is 0.179. The summed E-state index contributed by atoms with van der Waals surface area (Å²) in [6, 6.07) is 23.8. The number of rotatable bonds is 4. The van der Waals surface area contributed by atoms with Gasteiger partial charge in [-0.15, -0.1) is 0 Å². The Labute approximate surface area is 196 Å². The minimum atomic E-state index is -0.110. The molecular weight excluding hydrogens is 426 g/mol. The molecule has 34 heavy (non-hydrogen) atoms. The third-order valence-electron chi connectivity index (χ3n) is 6.18. The predicted molar refractivity (Wildman–Crippen MR) is 132 cm³/mol. The molecule has 0 saturated carbocycles. The van der Waals surface area contributed by atoms with Crippen LogP contribution in [-0.2, 0) is 13.0 Å². The molecule has 0 N–H and O–H groups in total. The molecule has 0 saturated heterocycles. The molecule has 5 aromatic rings. The van der Waals surface area contributed by atoms with E-state index in [-0.39, 0.29) is 5.56 Å². The SMILES string of the molecule is O=c1c2c(-c3ccc4c(c3)OCCCO4)cccc2cnn1CCc1ccc2ccccc2n1. The molecule has 0 amide bonds. The highest BCUT2D eigenvalue weighted by molar-refractivity contribution is 5.95. The van der Waals surface area contributed by atoms with Crippen LogP contribution in [0, 0.1) is 0 Å². The van der Waals surface area contributed by atoms with E-state index in [2.05, 4.69) is 11.2 Å². The van der Waals surface area contributed by atoms with Crippen molar-refractivity contribution in [1.29, 1.82) is 0 Å². The Morgan fingerprint density at radius 1 is 0.853 bits per heavy atom. The lowest BCUT2D eigenvalue weighted by atomic mass is 9.99. The van der Waals surface area contributed by atoms with Crippen molar-refractivity contribution in [3.63, 3.8) is 0 Å². The fourth-order valence-corrected chi connectivity index (χ4v) is 4.43. The van der Waals surface area contributed by atoms with Crippen molar-refractivity contribution in [2.24, 2.45) is 0 Å². The second-order valence-electron chi connectivity index (χ2n) is 8.40. The molecule has 6 rings (SSSR count). The highest BCUT2D eigenvalue weighted by atomic mass is 16.5. The van der Waals surface area contributed by atoms with E-state index in [0.717, 1.165) is 45.3 Å². The maximum absolute atomic E-state index is 13.5. The maximum atomic E-state index is 13.5. The first-order valence-corrected chi connectivity index (χ1v) is 11.5. The third kappa shape index (κ3) is 3.77. The number of nitrogens with zero attached hydrogens (tertiary/aromatic N) is 3. The number of benzene rings is 3. The largest absolute Gasteiger partial charge is 0.490 e. The second kappa shape index (κ2) is 8.63. The summed E-state index contributed by atoms with van der Waals surface area (Å²) in [5.74, 6) is 1.45. The van der Waals surface area contributed by atoms with Crippen LogP contribution < -0.4 is 15.0 Å². The van der Waals surface area contributed by atoms with Gasteiger partial charge in [-0.25, -0.2) is 4.68 Å². The van der Waals surface area contributed by atoms with Crippen molar-refractivity contribution in [3.05, 3.63) is 95.0 Å². The van der Waals surface area contributed by atoms with Gasteiger partial charge in [0.15, 0.2) is 11.5 Å². The van der Waals surface area contributed by atoms with Gasteiger partial charge in [-0.3, -0.25) is 9.78 Å². The summed E-state index contributed by atoms with van der Waals surface area (Å²) in [6.07, 6.45) is 3.23. The third-order valence-corrected chi connectivity index (χ3v) is 6.18. The Morgan fingerprint density at radius 2 is 1.71 bits per heavy atom. The first-order valence-electron chi connectivity index (χ1n) is 11.5. The molecule has 6 heteroatoms. The smallest absolute Gasteiger partial charge is 0.275 e. The predicted octanol–water partition coefficient (Wildman–Crippen LogP) is 5.02. The number of aromatic nitrogens is 3. The van der Waals surface area contributed by atoms with Crippen LogP contribution in [0.5, 0.6) is 11.5 Å². The van der Waals surface area contributed by atoms with Crippen LogP contribution in [0.3, 0.4) is 0 Å². The lowest BCUT2D eigenvalue weighted by molar-refractivity contribution is 0.297. The van der Waals surface area contributed by atoms with Crippen molar-refractivity contribution in [1.82, 2.24) is 14.8 Å². The molecule has 0 fully saturated rings. The zero-order chi connectivity index (χ0) is 22.9. The molecule has 0 bridgehead atoms. The minimum Gasteiger partial charge on any atom is -0.490 e. The highest BCUT2D eigenvalue weighted by Gasteiger charge is 2.15. The Hall–Kier alpha value is -4.19. The van der Waals surface area contributed by atoms with Gasteiger partial charge in [0, 0.05) is 29.3 Å². The molecule has 1 aliphatic rings. The summed E-state index contributed by atoms with van der Waals surface area (Å²) < 4.78 is 13.2. The van der Waals surface area contributed by atoms with Gasteiger partial charge in [0.1, 0.15) is 0 Å². The molecular formula is C28H23N3O3. The summed E-state index contributed by atoms with van der Waals surface area (Å²) in [6.45, 7) is 1.71. The van der Waals surface area contributed by atoms with Crippen molar-refractivity contribution in [2.75, 3.05) is 13.2 Å². The van der Waals surface area contributed by atoms with Crippen LogP contribution in [0.15, 0.2) is 83.8 Å². The van der Waals surface area contributed by atoms with Crippen LogP contribution in [0.25, 0.3) is 32.8 Å². The molecule has 0 spiro atoms. The van der Waals surface area contributed by atoms with Crippen molar-refractivity contribution in [3.8, 4) is 22.6 Å². The Balaban J connectivity index is 1.36. The average molecular weight is 450 g/mol. The van der Waals surface area contributed by atoms with Crippen LogP contribution >= 0.6 is 0 Å². The molecule has 0 atom stereocenters. The first kappa shape index (κ1) is 20.4. The molecule has 6 nitrogen and oxygen atoms in total. The Morgan fingerprint density at radius 3 is 2.65 bits per heavy atom. The molecule has 0 unspecified atom stereocenters. The van der Waals surface area contributed by atoms with Gasteiger partial charge in [0.05, 0.1) is 36.9 Å². The number of hydrogen-bond donors (Lipinski definition) is 0. The van der Waals surface area contributed by atoms with Gasteiger partial charge in [0.25, 0.3) is 5.56 Å². The van der Waals surface area contributed by atoms with Crippen molar-refractivity contribution >= 4 is 21.7 Å². The quantitative estimate of drug-likeness (QED) is 0.386. The number of ether oxygens (including phenoxy) is 2. The van der Waals surface area contributed by atoms with E-state index in [0.29, 0.717) is 37.3 Å². The lowest BCUT2D eigenvalue weighted by Gasteiger charge is -2.12. The summed E-state index contributed by atoms with van der Waals surface area (Å²) in [5, 5.41) is 7.00. The summed E-state index contributed by atoms with van der Waals surface area (Å²) >= 11 is 0. The average Bonchev–Trinajstić information content (AvgIpc) is 3.13. The van der Waals surface area contributed by atoms with E-state index in [4.69, 9.17) is 14.5 Å². The molecule has 1 aliphatic heterocycles. The van der Waals surface area contributed by atoms with Gasteiger partial charge in [-0.2, -0.15) is 5.10 Å². The highest BCUT2D eigenvalue weighted by Crippen LogP contribution is 2.35. The summed E-state index contributed by atoms with van der Waals surface area (Å²) in [7, 11) is 0. The minimum absolute atomic E-state index is 0.110. The number of fused-ring (bicyclic) bond motifs is 3. The second-order valence-corrected chi connectivity index (χ2v) is 8.40. The van der Waals surface area contributed by atoms with Gasteiger partial charge in [0.2, 0.25) is 0 Å². The lowest BCUT2D eigenvalue weighted by Crippen LogP contribution is -2.24. The van der Waals surface area contributed by atoms with E-state index < -0.39 is 0 Å².